The average molecular weight is 306 g/mol. The van der Waals surface area contributed by atoms with Crippen LogP contribution in [-0.2, 0) is 6.54 Å². The average Bonchev–Trinajstić information content (AvgIpc) is 2.70. The van der Waals surface area contributed by atoms with Crippen LogP contribution < -0.4 is 5.32 Å². The molecule has 0 saturated heterocycles. The lowest BCUT2D eigenvalue weighted by Crippen LogP contribution is -2.08. The fourth-order valence-electron chi connectivity index (χ4n) is 1.78. The van der Waals surface area contributed by atoms with Crippen LogP contribution in [0.2, 0.25) is 0 Å². The van der Waals surface area contributed by atoms with E-state index in [1.165, 1.54) is 5.56 Å². The van der Waals surface area contributed by atoms with Crippen molar-refractivity contribution in [3.63, 3.8) is 0 Å². The van der Waals surface area contributed by atoms with E-state index in [0.717, 1.165) is 22.7 Å². The Kier molecular flexibility index (Phi) is 4.20. The Hall–Kier alpha value is -1.55. The zero-order chi connectivity index (χ0) is 13.0. The van der Waals surface area contributed by atoms with Gasteiger partial charge in [-0.2, -0.15) is 0 Å². The Bertz CT molecular complexity index is 546. The molecule has 0 saturated carbocycles. The van der Waals surface area contributed by atoms with Gasteiger partial charge in [-0.15, -0.1) is 6.58 Å². The number of aromatic nitrogens is 2. The molecule has 0 radical (unpaired) electrons. The van der Waals surface area contributed by atoms with Crippen molar-refractivity contribution in [2.75, 3.05) is 11.9 Å². The highest BCUT2D eigenvalue weighted by atomic mass is 79.9. The zero-order valence-electron chi connectivity index (χ0n) is 10.4. The maximum atomic E-state index is 4.46. The van der Waals surface area contributed by atoms with Crippen molar-refractivity contribution in [3.05, 3.63) is 58.8 Å². The predicted molar refractivity (Wildman–Crippen MR) is 78.9 cm³/mol. The molecule has 0 aliphatic carbocycles. The minimum absolute atomic E-state index is 0.715. The van der Waals surface area contributed by atoms with Crippen molar-refractivity contribution in [2.24, 2.45) is 0 Å². The highest BCUT2D eigenvalue weighted by molar-refractivity contribution is 9.10. The van der Waals surface area contributed by atoms with E-state index in [1.54, 1.807) is 0 Å². The van der Waals surface area contributed by atoms with E-state index in [4.69, 9.17) is 0 Å². The zero-order valence-corrected chi connectivity index (χ0v) is 11.9. The Balaban J connectivity index is 2.23. The summed E-state index contributed by atoms with van der Waals surface area (Å²) in [7, 11) is 0. The van der Waals surface area contributed by atoms with Crippen LogP contribution in [0.25, 0.3) is 0 Å². The molecule has 0 fully saturated rings. The van der Waals surface area contributed by atoms with Gasteiger partial charge in [-0.3, -0.25) is 0 Å². The summed E-state index contributed by atoms with van der Waals surface area (Å²) in [4.78, 5) is 4.46. The van der Waals surface area contributed by atoms with Gasteiger partial charge in [-0.1, -0.05) is 40.2 Å². The molecule has 18 heavy (non-hydrogen) atoms. The number of rotatable bonds is 5. The maximum Gasteiger partial charge on any atom is 0.203 e. The highest BCUT2D eigenvalue weighted by Crippen LogP contribution is 2.19. The van der Waals surface area contributed by atoms with Crippen molar-refractivity contribution in [1.82, 2.24) is 9.55 Å². The van der Waals surface area contributed by atoms with E-state index >= 15 is 0 Å². The minimum atomic E-state index is 0.715. The standard InChI is InChI=1S/C14H16BrN3/c1-3-8-16-14-17-11(2)9-18(14)10-12-6-4-5-7-13(12)15/h3-7,9H,1,8,10H2,2H3,(H,16,17). The van der Waals surface area contributed by atoms with Crippen LogP contribution in [0.5, 0.6) is 0 Å². The molecule has 2 aromatic rings. The third-order valence-electron chi connectivity index (χ3n) is 2.60. The first-order valence-corrected chi connectivity index (χ1v) is 6.62. The van der Waals surface area contributed by atoms with Crippen LogP contribution in [-0.4, -0.2) is 16.1 Å². The highest BCUT2D eigenvalue weighted by Gasteiger charge is 2.06. The van der Waals surface area contributed by atoms with Gasteiger partial charge in [0, 0.05) is 17.2 Å². The van der Waals surface area contributed by atoms with E-state index in [2.05, 4.69) is 49.5 Å². The number of benzene rings is 1. The molecule has 1 aromatic carbocycles. The summed E-state index contributed by atoms with van der Waals surface area (Å²) in [6, 6.07) is 8.22. The minimum Gasteiger partial charge on any atom is -0.352 e. The molecule has 0 bridgehead atoms. The van der Waals surface area contributed by atoms with Gasteiger partial charge in [0.2, 0.25) is 5.95 Å². The summed E-state index contributed by atoms with van der Waals surface area (Å²) >= 11 is 3.57. The second kappa shape index (κ2) is 5.87. The summed E-state index contributed by atoms with van der Waals surface area (Å²) in [5, 5.41) is 3.24. The summed E-state index contributed by atoms with van der Waals surface area (Å²) < 4.78 is 3.23. The van der Waals surface area contributed by atoms with Crippen LogP contribution in [0, 0.1) is 6.92 Å². The normalized spacial score (nSPS) is 10.3. The van der Waals surface area contributed by atoms with Gasteiger partial charge >= 0.3 is 0 Å². The molecule has 3 nitrogen and oxygen atoms in total. The van der Waals surface area contributed by atoms with E-state index in [0.29, 0.717) is 6.54 Å². The molecule has 0 spiro atoms. The van der Waals surface area contributed by atoms with Crippen molar-refractivity contribution in [2.45, 2.75) is 13.5 Å². The lowest BCUT2D eigenvalue weighted by molar-refractivity contribution is 0.798. The van der Waals surface area contributed by atoms with E-state index < -0.39 is 0 Å². The molecule has 2 rings (SSSR count). The third-order valence-corrected chi connectivity index (χ3v) is 3.37. The number of nitrogens with zero attached hydrogens (tertiary/aromatic N) is 2. The van der Waals surface area contributed by atoms with Crippen molar-refractivity contribution < 1.29 is 0 Å². The van der Waals surface area contributed by atoms with Gasteiger partial charge in [0.1, 0.15) is 0 Å². The Labute approximate surface area is 116 Å². The number of halogens is 1. The summed E-state index contributed by atoms with van der Waals surface area (Å²) in [6.45, 7) is 7.21. The SMILES string of the molecule is C=CCNc1nc(C)cn1Cc1ccccc1Br. The first-order valence-electron chi connectivity index (χ1n) is 5.82. The lowest BCUT2D eigenvalue weighted by Gasteiger charge is -2.09. The van der Waals surface area contributed by atoms with Gasteiger partial charge in [0.25, 0.3) is 0 Å². The molecule has 1 aromatic heterocycles. The van der Waals surface area contributed by atoms with Gasteiger partial charge in [0.05, 0.1) is 12.2 Å². The number of imidazole rings is 1. The van der Waals surface area contributed by atoms with Gasteiger partial charge in [0.15, 0.2) is 0 Å². The molecule has 0 unspecified atom stereocenters. The molecule has 1 N–H and O–H groups in total. The van der Waals surface area contributed by atoms with E-state index in [1.807, 2.05) is 31.3 Å². The molecule has 94 valence electrons. The van der Waals surface area contributed by atoms with Crippen LogP contribution in [0.1, 0.15) is 11.3 Å². The smallest absolute Gasteiger partial charge is 0.203 e. The first kappa shape index (κ1) is 12.9. The van der Waals surface area contributed by atoms with Crippen LogP contribution >= 0.6 is 15.9 Å². The molecule has 4 heteroatoms. The van der Waals surface area contributed by atoms with Gasteiger partial charge in [-0.05, 0) is 18.6 Å². The molecule has 0 atom stereocenters. The fraction of sp³-hybridized carbons (Fsp3) is 0.214. The molecular formula is C14H16BrN3. The van der Waals surface area contributed by atoms with Crippen LogP contribution in [0.3, 0.4) is 0 Å². The molecular weight excluding hydrogens is 290 g/mol. The van der Waals surface area contributed by atoms with Crippen molar-refractivity contribution >= 4 is 21.9 Å². The van der Waals surface area contributed by atoms with Gasteiger partial charge < -0.3 is 9.88 Å². The first-order chi connectivity index (χ1) is 8.70. The van der Waals surface area contributed by atoms with E-state index in [9.17, 15) is 0 Å². The maximum absolute atomic E-state index is 4.46. The molecule has 0 aliphatic rings. The van der Waals surface area contributed by atoms with Gasteiger partial charge in [-0.25, -0.2) is 4.98 Å². The molecule has 1 heterocycles. The van der Waals surface area contributed by atoms with E-state index in [-0.39, 0.29) is 0 Å². The number of aryl methyl sites for hydroxylation is 1. The summed E-state index contributed by atoms with van der Waals surface area (Å²) in [5.74, 6) is 0.878. The Morgan fingerprint density at radius 2 is 2.22 bits per heavy atom. The monoisotopic (exact) mass is 305 g/mol. The summed E-state index contributed by atoms with van der Waals surface area (Å²) in [5.41, 5.74) is 2.24. The quantitative estimate of drug-likeness (QED) is 0.855. The number of hydrogen-bond donors (Lipinski definition) is 1. The Morgan fingerprint density at radius 1 is 1.44 bits per heavy atom. The molecule has 0 aliphatic heterocycles. The van der Waals surface area contributed by atoms with Crippen LogP contribution in [0.15, 0.2) is 47.6 Å². The lowest BCUT2D eigenvalue weighted by atomic mass is 10.2. The topological polar surface area (TPSA) is 29.9 Å². The molecule has 0 amide bonds. The largest absolute Gasteiger partial charge is 0.352 e. The third kappa shape index (κ3) is 3.01. The number of nitrogens with one attached hydrogen (secondary N) is 1. The fourth-order valence-corrected chi connectivity index (χ4v) is 2.19. The number of hydrogen-bond acceptors (Lipinski definition) is 2. The predicted octanol–water partition coefficient (Wildman–Crippen LogP) is 3.60. The second-order valence-electron chi connectivity index (χ2n) is 4.09. The number of anilines is 1. The summed E-state index contributed by atoms with van der Waals surface area (Å²) in [6.07, 6.45) is 3.87. The van der Waals surface area contributed by atoms with Crippen LogP contribution in [0.4, 0.5) is 5.95 Å². The van der Waals surface area contributed by atoms with Crippen molar-refractivity contribution in [1.29, 1.82) is 0 Å². The Morgan fingerprint density at radius 3 is 2.94 bits per heavy atom. The second-order valence-corrected chi connectivity index (χ2v) is 4.95. The van der Waals surface area contributed by atoms with Crippen molar-refractivity contribution in [3.8, 4) is 0 Å².